The molecule has 7 heteroatoms. The van der Waals surface area contributed by atoms with Crippen LogP contribution in [0.4, 0.5) is 0 Å². The van der Waals surface area contributed by atoms with Gasteiger partial charge in [0.05, 0.1) is 29.2 Å². The van der Waals surface area contributed by atoms with Gasteiger partial charge in [-0.25, -0.2) is 0 Å². The number of aliphatic hydroxyl groups is 1. The van der Waals surface area contributed by atoms with E-state index < -0.39 is 0 Å². The zero-order valence-electron chi connectivity index (χ0n) is 10.3. The molecule has 1 aliphatic rings. The summed E-state index contributed by atoms with van der Waals surface area (Å²) in [6, 6.07) is 1.62. The molecule has 1 N–H and O–H groups in total. The molecule has 106 valence electrons. The van der Waals surface area contributed by atoms with E-state index in [2.05, 4.69) is 0 Å². The van der Waals surface area contributed by atoms with Crippen molar-refractivity contribution in [3.63, 3.8) is 0 Å². The summed E-state index contributed by atoms with van der Waals surface area (Å²) in [7, 11) is 0. The van der Waals surface area contributed by atoms with E-state index >= 15 is 0 Å². The lowest BCUT2D eigenvalue weighted by Crippen LogP contribution is -2.41. The third kappa shape index (κ3) is 3.83. The number of ether oxygens (including phenoxy) is 1. The summed E-state index contributed by atoms with van der Waals surface area (Å²) < 4.78 is 6.42. The van der Waals surface area contributed by atoms with Crippen molar-refractivity contribution in [1.82, 2.24) is 4.90 Å². The van der Waals surface area contributed by atoms with Crippen LogP contribution in [-0.2, 0) is 4.74 Å². The fraction of sp³-hybridized carbons (Fsp3) is 0.583. The second-order valence-electron chi connectivity index (χ2n) is 4.32. The highest BCUT2D eigenvalue weighted by Crippen LogP contribution is 2.32. The highest BCUT2D eigenvalue weighted by molar-refractivity contribution is 7.20. The molecule has 0 bridgehead atoms. The Hall–Kier alpha value is -0.330. The van der Waals surface area contributed by atoms with E-state index in [4.69, 9.17) is 33.0 Å². The normalized spacial score (nSPS) is 16.9. The molecule has 1 aromatic rings. The molecule has 0 aliphatic carbocycles. The third-order valence-electron chi connectivity index (χ3n) is 3.06. The molecule has 1 amide bonds. The van der Waals surface area contributed by atoms with Gasteiger partial charge >= 0.3 is 0 Å². The fourth-order valence-electron chi connectivity index (χ4n) is 2.10. The summed E-state index contributed by atoms with van der Waals surface area (Å²) in [5.41, 5.74) is 0.478. The maximum Gasteiger partial charge on any atom is 0.256 e. The molecule has 0 saturated carbocycles. The van der Waals surface area contributed by atoms with Crippen LogP contribution in [0.15, 0.2) is 6.07 Å². The van der Waals surface area contributed by atoms with E-state index in [0.29, 0.717) is 33.9 Å². The minimum atomic E-state index is -0.0752. The molecule has 1 saturated heterocycles. The Kier molecular flexibility index (Phi) is 5.47. The molecule has 0 radical (unpaired) electrons. The molecule has 0 aromatic carbocycles. The standard InChI is InChI=1S/C12H15Cl2NO3S/c13-10-7-9(11(14)19-10)12(17)15-3-1-8(2-4-15)18-6-5-16/h7-8,16H,1-6H2. The molecule has 0 spiro atoms. The van der Waals surface area contributed by atoms with Crippen LogP contribution >= 0.6 is 34.5 Å². The number of carbonyl (C=O) groups excluding carboxylic acids is 1. The van der Waals surface area contributed by atoms with Crippen molar-refractivity contribution in [2.75, 3.05) is 26.3 Å². The zero-order chi connectivity index (χ0) is 13.8. The van der Waals surface area contributed by atoms with E-state index in [0.717, 1.165) is 12.8 Å². The monoisotopic (exact) mass is 323 g/mol. The van der Waals surface area contributed by atoms with Gasteiger partial charge in [-0.15, -0.1) is 11.3 Å². The number of amides is 1. The molecule has 1 aliphatic heterocycles. The van der Waals surface area contributed by atoms with Crippen molar-refractivity contribution in [3.05, 3.63) is 20.3 Å². The van der Waals surface area contributed by atoms with Gasteiger partial charge in [-0.05, 0) is 18.9 Å². The smallest absolute Gasteiger partial charge is 0.256 e. The Morgan fingerprint density at radius 3 is 2.68 bits per heavy atom. The lowest BCUT2D eigenvalue weighted by Gasteiger charge is -2.31. The third-order valence-corrected chi connectivity index (χ3v) is 4.55. The second-order valence-corrected chi connectivity index (χ2v) is 6.61. The molecule has 4 nitrogen and oxygen atoms in total. The predicted molar refractivity (Wildman–Crippen MR) is 76.3 cm³/mol. The maximum absolute atomic E-state index is 12.3. The van der Waals surface area contributed by atoms with Crippen molar-refractivity contribution in [1.29, 1.82) is 0 Å². The first-order chi connectivity index (χ1) is 9.11. The van der Waals surface area contributed by atoms with Crippen molar-refractivity contribution in [3.8, 4) is 0 Å². The number of hydrogen-bond donors (Lipinski definition) is 1. The minimum Gasteiger partial charge on any atom is -0.394 e. The van der Waals surface area contributed by atoms with Crippen LogP contribution in [0.5, 0.6) is 0 Å². The maximum atomic E-state index is 12.3. The Bertz CT molecular complexity index is 444. The van der Waals surface area contributed by atoms with Crippen LogP contribution in [-0.4, -0.2) is 48.3 Å². The van der Waals surface area contributed by atoms with Crippen LogP contribution in [0.1, 0.15) is 23.2 Å². The van der Waals surface area contributed by atoms with Crippen LogP contribution in [0, 0.1) is 0 Å². The molecule has 19 heavy (non-hydrogen) atoms. The van der Waals surface area contributed by atoms with Crippen molar-refractivity contribution >= 4 is 40.4 Å². The van der Waals surface area contributed by atoms with E-state index in [9.17, 15) is 4.79 Å². The van der Waals surface area contributed by atoms with Crippen molar-refractivity contribution in [2.45, 2.75) is 18.9 Å². The minimum absolute atomic E-state index is 0.0299. The summed E-state index contributed by atoms with van der Waals surface area (Å²) in [6.45, 7) is 1.66. The SMILES string of the molecule is O=C(c1cc(Cl)sc1Cl)N1CCC(OCCO)CC1. The first-order valence-corrected chi connectivity index (χ1v) is 7.65. The van der Waals surface area contributed by atoms with E-state index in [1.807, 2.05) is 0 Å². The van der Waals surface area contributed by atoms with Crippen LogP contribution in [0.3, 0.4) is 0 Å². The van der Waals surface area contributed by atoms with E-state index in [1.54, 1.807) is 11.0 Å². The summed E-state index contributed by atoms with van der Waals surface area (Å²) >= 11 is 13.0. The van der Waals surface area contributed by atoms with Gasteiger partial charge in [-0.2, -0.15) is 0 Å². The van der Waals surface area contributed by atoms with Gasteiger partial charge in [-0.3, -0.25) is 4.79 Å². The quantitative estimate of drug-likeness (QED) is 0.926. The molecular weight excluding hydrogens is 309 g/mol. The first kappa shape index (κ1) is 15.1. The molecule has 1 fully saturated rings. The average Bonchev–Trinajstić information content (AvgIpc) is 2.75. The predicted octanol–water partition coefficient (Wildman–Crippen LogP) is 2.67. The number of likely N-dealkylation sites (tertiary alicyclic amines) is 1. The number of nitrogens with zero attached hydrogens (tertiary/aromatic N) is 1. The Morgan fingerprint density at radius 2 is 2.16 bits per heavy atom. The van der Waals surface area contributed by atoms with Crippen LogP contribution in [0.2, 0.25) is 8.67 Å². The molecule has 2 heterocycles. The van der Waals surface area contributed by atoms with Gasteiger partial charge in [-0.1, -0.05) is 23.2 Å². The number of thiophene rings is 1. The Morgan fingerprint density at radius 1 is 1.47 bits per heavy atom. The Balaban J connectivity index is 1.91. The van der Waals surface area contributed by atoms with Gasteiger partial charge in [0.1, 0.15) is 4.34 Å². The summed E-state index contributed by atoms with van der Waals surface area (Å²) in [6.07, 6.45) is 1.68. The largest absolute Gasteiger partial charge is 0.394 e. The molecule has 1 aromatic heterocycles. The lowest BCUT2D eigenvalue weighted by atomic mass is 10.1. The summed E-state index contributed by atoms with van der Waals surface area (Å²) in [5.74, 6) is -0.0752. The number of hydrogen-bond acceptors (Lipinski definition) is 4. The Labute approximate surface area is 125 Å². The number of halogens is 2. The summed E-state index contributed by atoms with van der Waals surface area (Å²) in [4.78, 5) is 14.0. The van der Waals surface area contributed by atoms with Crippen molar-refractivity contribution in [2.24, 2.45) is 0 Å². The van der Waals surface area contributed by atoms with Gasteiger partial charge in [0.25, 0.3) is 5.91 Å². The number of aliphatic hydroxyl groups excluding tert-OH is 1. The molecular formula is C12H15Cl2NO3S. The van der Waals surface area contributed by atoms with Gasteiger partial charge < -0.3 is 14.7 Å². The second kappa shape index (κ2) is 6.90. The summed E-state index contributed by atoms with van der Waals surface area (Å²) in [5, 5.41) is 8.70. The van der Waals surface area contributed by atoms with Gasteiger partial charge in [0, 0.05) is 13.1 Å². The number of carbonyl (C=O) groups is 1. The highest BCUT2D eigenvalue weighted by atomic mass is 35.5. The van der Waals surface area contributed by atoms with E-state index in [1.165, 1.54) is 11.3 Å². The average molecular weight is 324 g/mol. The zero-order valence-corrected chi connectivity index (χ0v) is 12.6. The fourth-order valence-corrected chi connectivity index (χ4v) is 3.55. The van der Waals surface area contributed by atoms with Gasteiger partial charge in [0.2, 0.25) is 0 Å². The molecule has 0 unspecified atom stereocenters. The van der Waals surface area contributed by atoms with Crippen LogP contribution in [0.25, 0.3) is 0 Å². The molecule has 0 atom stereocenters. The lowest BCUT2D eigenvalue weighted by molar-refractivity contribution is -0.00552. The topological polar surface area (TPSA) is 49.8 Å². The first-order valence-electron chi connectivity index (χ1n) is 6.08. The molecule has 2 rings (SSSR count). The van der Waals surface area contributed by atoms with Crippen LogP contribution < -0.4 is 0 Å². The number of rotatable bonds is 4. The van der Waals surface area contributed by atoms with Gasteiger partial charge in [0.15, 0.2) is 0 Å². The van der Waals surface area contributed by atoms with E-state index in [-0.39, 0.29) is 18.6 Å². The van der Waals surface area contributed by atoms with Crippen molar-refractivity contribution < 1.29 is 14.6 Å². The number of piperidine rings is 1. The highest BCUT2D eigenvalue weighted by Gasteiger charge is 2.26.